The molecule has 1 aromatic heterocycles. The number of aliphatic imine (C=N–C) groups is 1. The second kappa shape index (κ2) is 12.3. The third-order valence-electron chi connectivity index (χ3n) is 4.69. The van der Waals surface area contributed by atoms with Crippen LogP contribution in [0.3, 0.4) is 0 Å². The second-order valence-electron chi connectivity index (χ2n) is 7.05. The van der Waals surface area contributed by atoms with Crippen molar-refractivity contribution in [1.82, 2.24) is 20.2 Å². The van der Waals surface area contributed by atoms with Crippen molar-refractivity contribution in [2.24, 2.45) is 4.99 Å². The monoisotopic (exact) mass is 503 g/mol. The fraction of sp³-hybridized carbons (Fsp3) is 0.304. The van der Waals surface area contributed by atoms with E-state index in [1.165, 1.54) is 16.7 Å². The standard InChI is InChI=1S/C23H29N5.HI/c1-19(11-12-20-7-4-3-5-8-20)27-23(24-2)26-16-21-9-6-10-22(15-21)17-28-14-13-25-18-28;/h3-10,13-15,18-19H,11-12,16-17H2,1-2H3,(H2,24,26,27);1H. The summed E-state index contributed by atoms with van der Waals surface area (Å²) in [5.74, 6) is 0.834. The van der Waals surface area contributed by atoms with Crippen LogP contribution < -0.4 is 10.6 Å². The molecule has 0 saturated carbocycles. The number of aryl methyl sites for hydroxylation is 1. The van der Waals surface area contributed by atoms with Crippen molar-refractivity contribution < 1.29 is 0 Å². The van der Waals surface area contributed by atoms with Gasteiger partial charge in [0.25, 0.3) is 0 Å². The van der Waals surface area contributed by atoms with E-state index in [1.807, 2.05) is 19.6 Å². The lowest BCUT2D eigenvalue weighted by molar-refractivity contribution is 0.593. The molecule has 3 aromatic rings. The molecule has 0 bridgehead atoms. The van der Waals surface area contributed by atoms with Crippen LogP contribution in [0.4, 0.5) is 0 Å². The van der Waals surface area contributed by atoms with E-state index in [0.29, 0.717) is 6.04 Å². The molecule has 6 heteroatoms. The van der Waals surface area contributed by atoms with Gasteiger partial charge in [-0.15, -0.1) is 24.0 Å². The number of hydrogen-bond acceptors (Lipinski definition) is 2. The summed E-state index contributed by atoms with van der Waals surface area (Å²) < 4.78 is 2.07. The predicted octanol–water partition coefficient (Wildman–Crippen LogP) is 4.24. The first-order valence-corrected chi connectivity index (χ1v) is 9.77. The summed E-state index contributed by atoms with van der Waals surface area (Å²) in [6.07, 6.45) is 7.74. The summed E-state index contributed by atoms with van der Waals surface area (Å²) in [5.41, 5.74) is 3.86. The fourth-order valence-corrected chi connectivity index (χ4v) is 3.14. The molecular weight excluding hydrogens is 473 g/mol. The molecule has 2 aromatic carbocycles. The highest BCUT2D eigenvalue weighted by Crippen LogP contribution is 2.08. The van der Waals surface area contributed by atoms with E-state index in [9.17, 15) is 0 Å². The van der Waals surface area contributed by atoms with Gasteiger partial charge in [-0.2, -0.15) is 0 Å². The maximum atomic E-state index is 4.36. The van der Waals surface area contributed by atoms with Crippen molar-refractivity contribution >= 4 is 29.9 Å². The van der Waals surface area contributed by atoms with Gasteiger partial charge < -0.3 is 15.2 Å². The van der Waals surface area contributed by atoms with Crippen LogP contribution in [0.1, 0.15) is 30.0 Å². The molecule has 0 aliphatic rings. The molecule has 0 spiro atoms. The summed E-state index contributed by atoms with van der Waals surface area (Å²) in [7, 11) is 1.81. The van der Waals surface area contributed by atoms with Gasteiger partial charge in [0, 0.05) is 38.6 Å². The summed E-state index contributed by atoms with van der Waals surface area (Å²) >= 11 is 0. The van der Waals surface area contributed by atoms with Gasteiger partial charge >= 0.3 is 0 Å². The molecule has 1 atom stereocenters. The Kier molecular flexibility index (Phi) is 9.70. The van der Waals surface area contributed by atoms with Crippen LogP contribution in [0.5, 0.6) is 0 Å². The Morgan fingerprint density at radius 3 is 2.55 bits per heavy atom. The number of benzene rings is 2. The van der Waals surface area contributed by atoms with Crippen LogP contribution in [0.25, 0.3) is 0 Å². The summed E-state index contributed by atoms with van der Waals surface area (Å²) in [4.78, 5) is 8.46. The average Bonchev–Trinajstić information content (AvgIpc) is 3.23. The lowest BCUT2D eigenvalue weighted by atomic mass is 10.1. The van der Waals surface area contributed by atoms with Crippen LogP contribution in [0, 0.1) is 0 Å². The Morgan fingerprint density at radius 2 is 1.83 bits per heavy atom. The highest BCUT2D eigenvalue weighted by Gasteiger charge is 2.06. The molecule has 0 amide bonds. The Bertz CT molecular complexity index is 862. The number of aromatic nitrogens is 2. The highest BCUT2D eigenvalue weighted by molar-refractivity contribution is 14.0. The first-order valence-electron chi connectivity index (χ1n) is 9.77. The van der Waals surface area contributed by atoms with Crippen molar-refractivity contribution in [2.45, 2.75) is 38.9 Å². The first-order chi connectivity index (χ1) is 13.7. The number of nitrogens with one attached hydrogen (secondary N) is 2. The second-order valence-corrected chi connectivity index (χ2v) is 7.05. The van der Waals surface area contributed by atoms with Gasteiger partial charge in [-0.1, -0.05) is 54.6 Å². The maximum absolute atomic E-state index is 4.36. The van der Waals surface area contributed by atoms with Crippen molar-refractivity contribution in [1.29, 1.82) is 0 Å². The zero-order valence-electron chi connectivity index (χ0n) is 17.1. The van der Waals surface area contributed by atoms with Gasteiger partial charge in [0.15, 0.2) is 5.96 Å². The SMILES string of the molecule is CN=C(NCc1cccc(Cn2ccnc2)c1)NC(C)CCc1ccccc1.I. The van der Waals surface area contributed by atoms with Gasteiger partial charge in [-0.3, -0.25) is 4.99 Å². The van der Waals surface area contributed by atoms with Crippen LogP contribution in [-0.2, 0) is 19.5 Å². The van der Waals surface area contributed by atoms with E-state index < -0.39 is 0 Å². The molecule has 1 heterocycles. The van der Waals surface area contributed by atoms with Crippen LogP contribution in [0.15, 0.2) is 78.3 Å². The Morgan fingerprint density at radius 1 is 1.07 bits per heavy atom. The number of halogens is 1. The van der Waals surface area contributed by atoms with E-state index in [1.54, 1.807) is 6.20 Å². The van der Waals surface area contributed by atoms with Crippen molar-refractivity contribution in [3.05, 3.63) is 90.0 Å². The van der Waals surface area contributed by atoms with E-state index >= 15 is 0 Å². The minimum atomic E-state index is 0. The molecule has 29 heavy (non-hydrogen) atoms. The van der Waals surface area contributed by atoms with Crippen LogP contribution in [0.2, 0.25) is 0 Å². The molecule has 1 unspecified atom stereocenters. The molecular formula is C23H30IN5. The minimum Gasteiger partial charge on any atom is -0.354 e. The van der Waals surface area contributed by atoms with E-state index in [0.717, 1.165) is 31.9 Å². The molecule has 0 saturated heterocycles. The maximum Gasteiger partial charge on any atom is 0.191 e. The number of hydrogen-bond donors (Lipinski definition) is 2. The van der Waals surface area contributed by atoms with Gasteiger partial charge in [0.1, 0.15) is 0 Å². The minimum absolute atomic E-state index is 0. The van der Waals surface area contributed by atoms with Crippen molar-refractivity contribution in [3.63, 3.8) is 0 Å². The summed E-state index contributed by atoms with van der Waals surface area (Å²) in [6, 6.07) is 19.5. The molecule has 2 N–H and O–H groups in total. The topological polar surface area (TPSA) is 54.2 Å². The number of nitrogens with zero attached hydrogens (tertiary/aromatic N) is 3. The normalized spacial score (nSPS) is 12.1. The van der Waals surface area contributed by atoms with E-state index in [2.05, 4.69) is 86.7 Å². The third kappa shape index (κ3) is 7.89. The molecule has 0 fully saturated rings. The Labute approximate surface area is 190 Å². The van der Waals surface area contributed by atoms with E-state index in [4.69, 9.17) is 0 Å². The third-order valence-corrected chi connectivity index (χ3v) is 4.69. The Balaban J connectivity index is 0.00000300. The van der Waals surface area contributed by atoms with E-state index in [-0.39, 0.29) is 24.0 Å². The van der Waals surface area contributed by atoms with Crippen LogP contribution in [-0.4, -0.2) is 28.6 Å². The zero-order valence-corrected chi connectivity index (χ0v) is 19.4. The molecule has 0 aliphatic carbocycles. The number of imidazole rings is 1. The average molecular weight is 503 g/mol. The molecule has 154 valence electrons. The fourth-order valence-electron chi connectivity index (χ4n) is 3.14. The van der Waals surface area contributed by atoms with Gasteiger partial charge in [0.2, 0.25) is 0 Å². The molecule has 3 rings (SSSR count). The van der Waals surface area contributed by atoms with Gasteiger partial charge in [-0.05, 0) is 36.5 Å². The zero-order chi connectivity index (χ0) is 19.6. The van der Waals surface area contributed by atoms with Gasteiger partial charge in [-0.25, -0.2) is 4.98 Å². The highest BCUT2D eigenvalue weighted by atomic mass is 127. The number of rotatable bonds is 8. The lowest BCUT2D eigenvalue weighted by Gasteiger charge is -2.18. The molecule has 5 nitrogen and oxygen atoms in total. The van der Waals surface area contributed by atoms with Gasteiger partial charge in [0.05, 0.1) is 6.33 Å². The first kappa shape index (κ1) is 22.9. The summed E-state index contributed by atoms with van der Waals surface area (Å²) in [5, 5.41) is 6.91. The smallest absolute Gasteiger partial charge is 0.191 e. The quantitative estimate of drug-likeness (QED) is 0.275. The van der Waals surface area contributed by atoms with Crippen molar-refractivity contribution in [3.8, 4) is 0 Å². The van der Waals surface area contributed by atoms with Crippen molar-refractivity contribution in [2.75, 3.05) is 7.05 Å². The van der Waals surface area contributed by atoms with Crippen LogP contribution >= 0.6 is 24.0 Å². The summed E-state index contributed by atoms with van der Waals surface area (Å²) in [6.45, 7) is 3.77. The largest absolute Gasteiger partial charge is 0.354 e. The molecule has 0 aliphatic heterocycles. The Hall–Kier alpha value is -2.35. The molecule has 0 radical (unpaired) electrons. The predicted molar refractivity (Wildman–Crippen MR) is 131 cm³/mol. The lowest BCUT2D eigenvalue weighted by Crippen LogP contribution is -2.42. The number of guanidine groups is 1.